The second-order valence-electron chi connectivity index (χ2n) is 6.38. The zero-order chi connectivity index (χ0) is 14.0. The van der Waals surface area contributed by atoms with E-state index in [1.54, 1.807) is 0 Å². The van der Waals surface area contributed by atoms with Crippen LogP contribution in [0.15, 0.2) is 24.3 Å². The molecular formula is C17H24N2O. The highest BCUT2D eigenvalue weighted by atomic mass is 16.2. The maximum absolute atomic E-state index is 13.1. The van der Waals surface area contributed by atoms with Crippen LogP contribution in [0.2, 0.25) is 0 Å². The fourth-order valence-corrected chi connectivity index (χ4v) is 3.52. The smallest absolute Gasteiger partial charge is 0.232 e. The van der Waals surface area contributed by atoms with E-state index in [2.05, 4.69) is 24.4 Å². The molecule has 0 spiro atoms. The Hall–Kier alpha value is -1.51. The molecule has 1 fully saturated rings. The van der Waals surface area contributed by atoms with Gasteiger partial charge in [-0.3, -0.25) is 4.79 Å². The summed E-state index contributed by atoms with van der Waals surface area (Å²) >= 11 is 0. The molecule has 0 bridgehead atoms. The molecule has 2 aliphatic rings. The molecule has 1 aromatic rings. The number of hydrogen-bond acceptors (Lipinski definition) is 2. The third kappa shape index (κ3) is 2.41. The zero-order valence-electron chi connectivity index (χ0n) is 12.3. The van der Waals surface area contributed by atoms with Crippen molar-refractivity contribution in [1.29, 1.82) is 0 Å². The lowest BCUT2D eigenvalue weighted by molar-refractivity contribution is -0.129. The molecule has 0 saturated heterocycles. The van der Waals surface area contributed by atoms with Crippen LogP contribution >= 0.6 is 0 Å². The average molecular weight is 272 g/mol. The molecular weight excluding hydrogens is 248 g/mol. The van der Waals surface area contributed by atoms with Gasteiger partial charge in [0.05, 0.1) is 11.4 Å². The Balaban J connectivity index is 1.91. The topological polar surface area (TPSA) is 32.3 Å². The van der Waals surface area contributed by atoms with Crippen molar-refractivity contribution in [2.75, 3.05) is 23.3 Å². The normalized spacial score (nSPS) is 21.6. The quantitative estimate of drug-likeness (QED) is 0.843. The van der Waals surface area contributed by atoms with Gasteiger partial charge in [-0.25, -0.2) is 0 Å². The standard InChI is InChI=1S/C17H24N2O/c1-17(10-5-2-6-11-17)16(20)19-13-7-12-18-14-8-3-4-9-15(14)19/h3-4,8-9,18H,2,5-7,10-13H2,1H3. The summed E-state index contributed by atoms with van der Waals surface area (Å²) in [6.07, 6.45) is 6.75. The van der Waals surface area contributed by atoms with E-state index in [0.717, 1.165) is 43.7 Å². The van der Waals surface area contributed by atoms with Crippen LogP contribution in [0.3, 0.4) is 0 Å². The minimum absolute atomic E-state index is 0.157. The van der Waals surface area contributed by atoms with Crippen molar-refractivity contribution in [3.8, 4) is 0 Å². The lowest BCUT2D eigenvalue weighted by Gasteiger charge is -2.37. The summed E-state index contributed by atoms with van der Waals surface area (Å²) in [6.45, 7) is 3.94. The molecule has 20 heavy (non-hydrogen) atoms. The van der Waals surface area contributed by atoms with Crippen molar-refractivity contribution in [2.45, 2.75) is 45.4 Å². The molecule has 3 nitrogen and oxygen atoms in total. The number of nitrogens with zero attached hydrogens (tertiary/aromatic N) is 1. The zero-order valence-corrected chi connectivity index (χ0v) is 12.3. The number of fused-ring (bicyclic) bond motifs is 1. The molecule has 1 heterocycles. The van der Waals surface area contributed by atoms with Crippen molar-refractivity contribution in [1.82, 2.24) is 0 Å². The Morgan fingerprint density at radius 1 is 1.15 bits per heavy atom. The van der Waals surface area contributed by atoms with Crippen LogP contribution < -0.4 is 10.2 Å². The van der Waals surface area contributed by atoms with Crippen LogP contribution in [-0.2, 0) is 4.79 Å². The first-order chi connectivity index (χ1) is 9.71. The minimum atomic E-state index is -0.157. The Morgan fingerprint density at radius 3 is 2.70 bits per heavy atom. The number of benzene rings is 1. The van der Waals surface area contributed by atoms with Gasteiger partial charge >= 0.3 is 0 Å². The number of carbonyl (C=O) groups excluding carboxylic acids is 1. The second kappa shape index (κ2) is 5.47. The molecule has 1 N–H and O–H groups in total. The maximum atomic E-state index is 13.1. The average Bonchev–Trinajstić information content (AvgIpc) is 2.69. The van der Waals surface area contributed by atoms with Crippen LogP contribution in [0.5, 0.6) is 0 Å². The van der Waals surface area contributed by atoms with Crippen molar-refractivity contribution < 1.29 is 4.79 Å². The summed E-state index contributed by atoms with van der Waals surface area (Å²) < 4.78 is 0. The van der Waals surface area contributed by atoms with E-state index in [1.807, 2.05) is 17.0 Å². The SMILES string of the molecule is CC1(C(=O)N2CCCNc3ccccc32)CCCCC1. The van der Waals surface area contributed by atoms with Gasteiger partial charge in [0.25, 0.3) is 0 Å². The number of anilines is 2. The van der Waals surface area contributed by atoms with Crippen LogP contribution in [0.4, 0.5) is 11.4 Å². The molecule has 1 aromatic carbocycles. The molecule has 0 unspecified atom stereocenters. The van der Waals surface area contributed by atoms with Gasteiger partial charge in [0.2, 0.25) is 5.91 Å². The van der Waals surface area contributed by atoms with Crippen LogP contribution in [0, 0.1) is 5.41 Å². The molecule has 0 atom stereocenters. The first-order valence-electron chi connectivity index (χ1n) is 7.86. The molecule has 0 aromatic heterocycles. The molecule has 1 aliphatic carbocycles. The van der Waals surface area contributed by atoms with E-state index >= 15 is 0 Å². The van der Waals surface area contributed by atoms with Gasteiger partial charge < -0.3 is 10.2 Å². The second-order valence-corrected chi connectivity index (χ2v) is 6.38. The largest absolute Gasteiger partial charge is 0.383 e. The van der Waals surface area contributed by atoms with Gasteiger partial charge in [0.1, 0.15) is 0 Å². The van der Waals surface area contributed by atoms with Crippen LogP contribution in [0.25, 0.3) is 0 Å². The highest BCUT2D eigenvalue weighted by Gasteiger charge is 2.38. The summed E-state index contributed by atoms with van der Waals surface area (Å²) in [6, 6.07) is 8.19. The van der Waals surface area contributed by atoms with Crippen LogP contribution in [0.1, 0.15) is 45.4 Å². The number of nitrogens with one attached hydrogen (secondary N) is 1. The summed E-state index contributed by atoms with van der Waals surface area (Å²) in [7, 11) is 0. The highest BCUT2D eigenvalue weighted by molar-refractivity contribution is 6.00. The summed E-state index contributed by atoms with van der Waals surface area (Å²) in [5.74, 6) is 0.327. The van der Waals surface area contributed by atoms with Gasteiger partial charge in [0, 0.05) is 18.5 Å². The number of para-hydroxylation sites is 2. The third-order valence-corrected chi connectivity index (χ3v) is 4.79. The fourth-order valence-electron chi connectivity index (χ4n) is 3.52. The third-order valence-electron chi connectivity index (χ3n) is 4.79. The van der Waals surface area contributed by atoms with E-state index in [1.165, 1.54) is 19.3 Å². The first kappa shape index (κ1) is 13.5. The fraction of sp³-hybridized carbons (Fsp3) is 0.588. The predicted molar refractivity (Wildman–Crippen MR) is 83.1 cm³/mol. The van der Waals surface area contributed by atoms with Gasteiger partial charge in [-0.1, -0.05) is 38.3 Å². The first-order valence-corrected chi connectivity index (χ1v) is 7.86. The predicted octanol–water partition coefficient (Wildman–Crippen LogP) is 3.81. The number of rotatable bonds is 1. The van der Waals surface area contributed by atoms with E-state index in [4.69, 9.17) is 0 Å². The van der Waals surface area contributed by atoms with E-state index in [-0.39, 0.29) is 5.41 Å². The molecule has 108 valence electrons. The number of carbonyl (C=O) groups is 1. The molecule has 1 amide bonds. The van der Waals surface area contributed by atoms with Crippen molar-refractivity contribution in [3.63, 3.8) is 0 Å². The Bertz CT molecular complexity index is 492. The van der Waals surface area contributed by atoms with Gasteiger partial charge in [0.15, 0.2) is 0 Å². The van der Waals surface area contributed by atoms with Crippen LogP contribution in [-0.4, -0.2) is 19.0 Å². The maximum Gasteiger partial charge on any atom is 0.232 e. The van der Waals surface area contributed by atoms with E-state index in [9.17, 15) is 4.79 Å². The van der Waals surface area contributed by atoms with Crippen molar-refractivity contribution in [2.24, 2.45) is 5.41 Å². The van der Waals surface area contributed by atoms with Gasteiger partial charge in [-0.2, -0.15) is 0 Å². The molecule has 1 saturated carbocycles. The Morgan fingerprint density at radius 2 is 1.90 bits per heavy atom. The van der Waals surface area contributed by atoms with E-state index < -0.39 is 0 Å². The van der Waals surface area contributed by atoms with E-state index in [0.29, 0.717) is 5.91 Å². The summed E-state index contributed by atoms with van der Waals surface area (Å²) in [5, 5.41) is 3.43. The summed E-state index contributed by atoms with van der Waals surface area (Å²) in [4.78, 5) is 15.1. The van der Waals surface area contributed by atoms with Crippen molar-refractivity contribution >= 4 is 17.3 Å². The lowest BCUT2D eigenvalue weighted by atomic mass is 9.74. The number of amides is 1. The summed E-state index contributed by atoms with van der Waals surface area (Å²) in [5.41, 5.74) is 2.00. The Labute approximate surface area is 121 Å². The monoisotopic (exact) mass is 272 g/mol. The lowest BCUT2D eigenvalue weighted by Crippen LogP contribution is -2.44. The van der Waals surface area contributed by atoms with Crippen molar-refractivity contribution in [3.05, 3.63) is 24.3 Å². The molecule has 3 heteroatoms. The molecule has 0 radical (unpaired) electrons. The van der Waals surface area contributed by atoms with Gasteiger partial charge in [-0.15, -0.1) is 0 Å². The highest BCUT2D eigenvalue weighted by Crippen LogP contribution is 2.40. The number of hydrogen-bond donors (Lipinski definition) is 1. The van der Waals surface area contributed by atoms with Gasteiger partial charge in [-0.05, 0) is 31.4 Å². The molecule has 1 aliphatic heterocycles. The Kier molecular flexibility index (Phi) is 3.68. The minimum Gasteiger partial charge on any atom is -0.383 e. The molecule has 3 rings (SSSR count).